The number of nitrogens with one attached hydrogen (secondary N) is 1. The number of non-ortho nitro benzene ring substituents is 1. The molecule has 1 saturated heterocycles. The van der Waals surface area contributed by atoms with Crippen molar-refractivity contribution in [2.45, 2.75) is 31.6 Å². The van der Waals surface area contributed by atoms with Crippen molar-refractivity contribution in [1.29, 1.82) is 0 Å². The van der Waals surface area contributed by atoms with E-state index < -0.39 is 14.9 Å². The SMILES string of the molecule is CNCC1CCN(S(=O)(=O)c2cc([N+](=O)[O-])cc(C)c2C)CC1.Cl. The quantitative estimate of drug-likeness (QED) is 0.627. The van der Waals surface area contributed by atoms with E-state index in [4.69, 9.17) is 0 Å². The molecule has 24 heavy (non-hydrogen) atoms. The molecule has 0 saturated carbocycles. The molecule has 1 fully saturated rings. The molecule has 9 heteroatoms. The lowest BCUT2D eigenvalue weighted by Gasteiger charge is -2.31. The van der Waals surface area contributed by atoms with E-state index >= 15 is 0 Å². The maximum Gasteiger partial charge on any atom is 0.271 e. The molecule has 7 nitrogen and oxygen atoms in total. The van der Waals surface area contributed by atoms with Crippen LogP contribution in [0.3, 0.4) is 0 Å². The lowest BCUT2D eigenvalue weighted by Crippen LogP contribution is -2.40. The molecule has 1 aliphatic rings. The van der Waals surface area contributed by atoms with E-state index in [1.807, 2.05) is 7.05 Å². The van der Waals surface area contributed by atoms with Crippen molar-refractivity contribution < 1.29 is 13.3 Å². The molecule has 1 aromatic rings. The lowest BCUT2D eigenvalue weighted by molar-refractivity contribution is -0.385. The second-order valence-electron chi connectivity index (χ2n) is 6.05. The van der Waals surface area contributed by atoms with Crippen molar-refractivity contribution >= 4 is 28.1 Å². The van der Waals surface area contributed by atoms with Crippen LogP contribution in [0.4, 0.5) is 5.69 Å². The normalized spacial score (nSPS) is 16.6. The second-order valence-corrected chi connectivity index (χ2v) is 7.95. The number of nitrogens with zero attached hydrogens (tertiary/aromatic N) is 2. The Balaban J connectivity index is 0.00000288. The Morgan fingerprint density at radius 3 is 2.38 bits per heavy atom. The Labute approximate surface area is 149 Å². The zero-order valence-corrected chi connectivity index (χ0v) is 15.7. The predicted molar refractivity (Wildman–Crippen MR) is 95.2 cm³/mol. The minimum absolute atomic E-state index is 0. The van der Waals surface area contributed by atoms with Crippen LogP contribution < -0.4 is 5.32 Å². The van der Waals surface area contributed by atoms with Crippen LogP contribution >= 0.6 is 12.4 Å². The smallest absolute Gasteiger partial charge is 0.271 e. The van der Waals surface area contributed by atoms with Crippen molar-refractivity contribution in [3.63, 3.8) is 0 Å². The monoisotopic (exact) mass is 377 g/mol. The number of sulfonamides is 1. The van der Waals surface area contributed by atoms with Crippen LogP contribution in [0.5, 0.6) is 0 Å². The van der Waals surface area contributed by atoms with Crippen LogP contribution in [-0.2, 0) is 10.0 Å². The summed E-state index contributed by atoms with van der Waals surface area (Å²) in [5.41, 5.74) is 1.01. The molecular weight excluding hydrogens is 354 g/mol. The minimum Gasteiger partial charge on any atom is -0.319 e. The molecule has 136 valence electrons. The predicted octanol–water partition coefficient (Wildman–Crippen LogP) is 2.25. The average molecular weight is 378 g/mol. The van der Waals surface area contributed by atoms with Gasteiger partial charge in [-0.1, -0.05) is 0 Å². The van der Waals surface area contributed by atoms with E-state index in [1.165, 1.54) is 16.4 Å². The van der Waals surface area contributed by atoms with Crippen LogP contribution in [0.25, 0.3) is 0 Å². The molecule has 1 aliphatic heterocycles. The third-order valence-corrected chi connectivity index (χ3v) is 6.52. The molecule has 1 N–H and O–H groups in total. The van der Waals surface area contributed by atoms with Crippen LogP contribution in [0.15, 0.2) is 17.0 Å². The fraction of sp³-hybridized carbons (Fsp3) is 0.600. The molecular formula is C15H24ClN3O4S. The lowest BCUT2D eigenvalue weighted by atomic mass is 9.98. The number of piperidine rings is 1. The zero-order valence-electron chi connectivity index (χ0n) is 14.1. The van der Waals surface area contributed by atoms with Crippen LogP contribution in [0.2, 0.25) is 0 Å². The summed E-state index contributed by atoms with van der Waals surface area (Å²) >= 11 is 0. The summed E-state index contributed by atoms with van der Waals surface area (Å²) in [7, 11) is -1.81. The first-order valence-corrected chi connectivity index (χ1v) is 9.11. The van der Waals surface area contributed by atoms with Crippen LogP contribution in [0.1, 0.15) is 24.0 Å². The number of benzene rings is 1. The maximum atomic E-state index is 12.9. The molecule has 0 aromatic heterocycles. The first kappa shape index (κ1) is 20.8. The fourth-order valence-corrected chi connectivity index (χ4v) is 4.75. The number of nitro groups is 1. The van der Waals surface area contributed by atoms with Crippen molar-refractivity contribution in [3.8, 4) is 0 Å². The standard InChI is InChI=1S/C15H23N3O4S.ClH/c1-11-8-14(18(19)20)9-15(12(11)2)23(21,22)17-6-4-13(5-7-17)10-16-3;/h8-9,13,16H,4-7,10H2,1-3H3;1H. The average Bonchev–Trinajstić information content (AvgIpc) is 2.50. The van der Waals surface area contributed by atoms with E-state index in [0.717, 1.165) is 19.4 Å². The van der Waals surface area contributed by atoms with Gasteiger partial charge in [0.1, 0.15) is 0 Å². The molecule has 1 heterocycles. The number of halogens is 1. The molecule has 0 spiro atoms. The van der Waals surface area contributed by atoms with Gasteiger partial charge in [-0.2, -0.15) is 4.31 Å². The number of rotatable bonds is 5. The topological polar surface area (TPSA) is 92.6 Å². The third-order valence-electron chi connectivity index (χ3n) is 4.50. The van der Waals surface area contributed by atoms with Crippen molar-refractivity contribution in [2.75, 3.05) is 26.7 Å². The van der Waals surface area contributed by atoms with E-state index in [1.54, 1.807) is 13.8 Å². The third kappa shape index (κ3) is 4.24. The van der Waals surface area contributed by atoms with Gasteiger partial charge in [0.15, 0.2) is 0 Å². The van der Waals surface area contributed by atoms with E-state index in [9.17, 15) is 18.5 Å². The van der Waals surface area contributed by atoms with Gasteiger partial charge in [0.25, 0.3) is 5.69 Å². The van der Waals surface area contributed by atoms with Crippen LogP contribution in [-0.4, -0.2) is 44.3 Å². The highest BCUT2D eigenvalue weighted by atomic mass is 35.5. The Morgan fingerprint density at radius 1 is 1.29 bits per heavy atom. The largest absolute Gasteiger partial charge is 0.319 e. The highest BCUT2D eigenvalue weighted by molar-refractivity contribution is 7.89. The van der Waals surface area contributed by atoms with Gasteiger partial charge < -0.3 is 5.32 Å². The van der Waals surface area contributed by atoms with Gasteiger partial charge in [-0.3, -0.25) is 10.1 Å². The highest BCUT2D eigenvalue weighted by Gasteiger charge is 2.31. The van der Waals surface area contributed by atoms with Crippen LogP contribution in [0, 0.1) is 29.9 Å². The summed E-state index contributed by atoms with van der Waals surface area (Å²) in [5, 5.41) is 14.1. The van der Waals surface area contributed by atoms with Gasteiger partial charge in [0.2, 0.25) is 10.0 Å². The molecule has 0 atom stereocenters. The first-order chi connectivity index (χ1) is 10.8. The summed E-state index contributed by atoms with van der Waals surface area (Å²) in [6.07, 6.45) is 1.60. The maximum absolute atomic E-state index is 12.9. The first-order valence-electron chi connectivity index (χ1n) is 7.67. The zero-order chi connectivity index (χ0) is 17.2. The van der Waals surface area contributed by atoms with E-state index in [2.05, 4.69) is 5.32 Å². The Bertz CT molecular complexity index is 701. The summed E-state index contributed by atoms with van der Waals surface area (Å²) < 4.78 is 27.2. The van der Waals surface area contributed by atoms with Gasteiger partial charge >= 0.3 is 0 Å². The van der Waals surface area contributed by atoms with E-state index in [0.29, 0.717) is 30.1 Å². The summed E-state index contributed by atoms with van der Waals surface area (Å²) in [6.45, 7) is 5.18. The molecule has 0 bridgehead atoms. The summed E-state index contributed by atoms with van der Waals surface area (Å²) in [4.78, 5) is 10.5. The molecule has 1 aromatic carbocycles. The molecule has 0 radical (unpaired) electrons. The highest BCUT2D eigenvalue weighted by Crippen LogP contribution is 2.30. The Kier molecular flexibility index (Phi) is 7.15. The molecule has 0 aliphatic carbocycles. The molecule has 0 unspecified atom stereocenters. The number of hydrogen-bond acceptors (Lipinski definition) is 5. The number of hydrogen-bond donors (Lipinski definition) is 1. The van der Waals surface area contributed by atoms with Gasteiger partial charge in [0, 0.05) is 25.2 Å². The second kappa shape index (κ2) is 8.24. The minimum atomic E-state index is -3.70. The Hall–Kier alpha value is -1.22. The van der Waals surface area contributed by atoms with E-state index in [-0.39, 0.29) is 23.0 Å². The van der Waals surface area contributed by atoms with Crippen molar-refractivity contribution in [2.24, 2.45) is 5.92 Å². The van der Waals surface area contributed by atoms with Gasteiger partial charge in [0.05, 0.1) is 9.82 Å². The fourth-order valence-electron chi connectivity index (χ4n) is 2.96. The molecule has 2 rings (SSSR count). The van der Waals surface area contributed by atoms with Gasteiger partial charge in [-0.25, -0.2) is 8.42 Å². The Morgan fingerprint density at radius 2 is 1.88 bits per heavy atom. The molecule has 0 amide bonds. The summed E-state index contributed by atoms with van der Waals surface area (Å²) in [5.74, 6) is 0.472. The van der Waals surface area contributed by atoms with Gasteiger partial charge in [-0.15, -0.1) is 12.4 Å². The summed E-state index contributed by atoms with van der Waals surface area (Å²) in [6, 6.07) is 2.59. The van der Waals surface area contributed by atoms with Crippen molar-refractivity contribution in [3.05, 3.63) is 33.4 Å². The van der Waals surface area contributed by atoms with Gasteiger partial charge in [-0.05, 0) is 57.3 Å². The number of aryl methyl sites for hydroxylation is 1. The number of nitro benzene ring substituents is 1. The van der Waals surface area contributed by atoms with Crippen molar-refractivity contribution in [1.82, 2.24) is 9.62 Å².